The molecule has 1 saturated heterocycles. The number of likely N-dealkylation sites (tertiary alicyclic amines) is 1. The van der Waals surface area contributed by atoms with Crippen molar-refractivity contribution < 1.29 is 33.1 Å². The topological polar surface area (TPSA) is 148 Å². The lowest BCUT2D eigenvalue weighted by molar-refractivity contribution is -0.137. The van der Waals surface area contributed by atoms with Crippen molar-refractivity contribution in [2.45, 2.75) is 25.2 Å². The highest BCUT2D eigenvalue weighted by Gasteiger charge is 2.40. The number of carboxylic acid groups (broad SMARTS) is 1. The molecule has 0 radical (unpaired) electrons. The van der Waals surface area contributed by atoms with Crippen molar-refractivity contribution in [3.8, 4) is 11.1 Å². The number of carbonyl (C=O) groups is 4. The van der Waals surface area contributed by atoms with Crippen LogP contribution in [0.3, 0.4) is 0 Å². The van der Waals surface area contributed by atoms with Crippen LogP contribution in [0.4, 0.5) is 14.5 Å². The molecule has 4 N–H and O–H groups in total. The number of nitrogens with two attached hydrogens (primary N) is 1. The van der Waals surface area contributed by atoms with Gasteiger partial charge in [0.05, 0.1) is 23.3 Å². The van der Waals surface area contributed by atoms with Crippen molar-refractivity contribution in [1.82, 2.24) is 14.7 Å². The van der Waals surface area contributed by atoms with E-state index in [1.54, 1.807) is 24.3 Å². The zero-order valence-corrected chi connectivity index (χ0v) is 21.9. The summed E-state index contributed by atoms with van der Waals surface area (Å²) in [5, 5.41) is 16.2. The molecule has 0 bridgehead atoms. The third-order valence-electron chi connectivity index (χ3n) is 6.81. The standard InChI is InChI=1S/C28H22ClF2N5O5/c29-19-6-2-1-4-16(19)17-5-3-7-20(24(17)31)33-27(39)22-11-15(30)12-35(22)23(37)13-36-21-9-8-14(28(40)41)10-18(21)25(34-36)26(32)38/h1-10,15,22H,11-13H2,(H2,32,38)(H,33,39)(H,40,41)/t15-,22+/m1/s1. The van der Waals surface area contributed by atoms with Gasteiger partial charge < -0.3 is 21.1 Å². The highest BCUT2D eigenvalue weighted by Crippen LogP contribution is 2.33. The van der Waals surface area contributed by atoms with E-state index in [0.717, 1.165) is 9.58 Å². The molecule has 5 rings (SSSR count). The van der Waals surface area contributed by atoms with E-state index in [4.69, 9.17) is 17.3 Å². The minimum atomic E-state index is -1.51. The van der Waals surface area contributed by atoms with E-state index in [1.165, 1.54) is 36.4 Å². The van der Waals surface area contributed by atoms with Crippen molar-refractivity contribution >= 4 is 51.9 Å². The zero-order chi connectivity index (χ0) is 29.4. The van der Waals surface area contributed by atoms with Gasteiger partial charge in [0.1, 0.15) is 18.8 Å². The van der Waals surface area contributed by atoms with E-state index in [-0.39, 0.29) is 46.4 Å². The summed E-state index contributed by atoms with van der Waals surface area (Å²) in [4.78, 5) is 50.8. The number of carboxylic acids is 1. The summed E-state index contributed by atoms with van der Waals surface area (Å²) in [6.45, 7) is -0.882. The Bertz CT molecular complexity index is 1730. The molecule has 0 unspecified atom stereocenters. The molecule has 210 valence electrons. The highest BCUT2D eigenvalue weighted by atomic mass is 35.5. The molecule has 0 aliphatic carbocycles. The third kappa shape index (κ3) is 5.33. The number of rotatable bonds is 7. The van der Waals surface area contributed by atoms with Gasteiger partial charge >= 0.3 is 5.97 Å². The van der Waals surface area contributed by atoms with Crippen LogP contribution in [-0.2, 0) is 16.1 Å². The predicted octanol–water partition coefficient (Wildman–Crippen LogP) is 3.87. The van der Waals surface area contributed by atoms with E-state index in [1.807, 2.05) is 0 Å². The normalized spacial score (nSPS) is 16.6. The minimum Gasteiger partial charge on any atom is -0.478 e. The maximum absolute atomic E-state index is 15.4. The molecule has 1 aliphatic rings. The molecular formula is C28H22ClF2N5O5. The Morgan fingerprint density at radius 1 is 1.07 bits per heavy atom. The second kappa shape index (κ2) is 11.0. The Hall–Kier alpha value is -4.84. The average molecular weight is 582 g/mol. The molecule has 10 nitrogen and oxygen atoms in total. The van der Waals surface area contributed by atoms with Crippen molar-refractivity contribution in [1.29, 1.82) is 0 Å². The summed E-state index contributed by atoms with van der Waals surface area (Å²) in [5.74, 6) is -4.41. The lowest BCUT2D eigenvalue weighted by atomic mass is 10.0. The highest BCUT2D eigenvalue weighted by molar-refractivity contribution is 6.33. The summed E-state index contributed by atoms with van der Waals surface area (Å²) in [6, 6.07) is 13.6. The van der Waals surface area contributed by atoms with Crippen LogP contribution in [0.2, 0.25) is 5.02 Å². The molecule has 0 spiro atoms. The van der Waals surface area contributed by atoms with Crippen molar-refractivity contribution in [2.75, 3.05) is 11.9 Å². The number of carbonyl (C=O) groups excluding carboxylic acids is 3. The molecule has 13 heteroatoms. The minimum absolute atomic E-state index is 0.117. The van der Waals surface area contributed by atoms with Crippen LogP contribution in [0.1, 0.15) is 27.3 Å². The molecule has 4 aromatic rings. The van der Waals surface area contributed by atoms with Gasteiger partial charge in [-0.15, -0.1) is 0 Å². The van der Waals surface area contributed by atoms with Crippen LogP contribution in [0, 0.1) is 5.82 Å². The van der Waals surface area contributed by atoms with Crippen LogP contribution >= 0.6 is 11.6 Å². The molecule has 1 fully saturated rings. The molecule has 2 heterocycles. The fourth-order valence-corrected chi connectivity index (χ4v) is 5.11. The second-order valence-corrected chi connectivity index (χ2v) is 9.85. The number of aromatic nitrogens is 2. The van der Waals surface area contributed by atoms with E-state index in [0.29, 0.717) is 10.6 Å². The van der Waals surface area contributed by atoms with Gasteiger partial charge in [0.15, 0.2) is 11.5 Å². The van der Waals surface area contributed by atoms with Gasteiger partial charge in [-0.25, -0.2) is 13.6 Å². The zero-order valence-electron chi connectivity index (χ0n) is 21.2. The Balaban J connectivity index is 1.39. The average Bonchev–Trinajstić information content (AvgIpc) is 3.51. The van der Waals surface area contributed by atoms with Crippen molar-refractivity contribution in [3.63, 3.8) is 0 Å². The van der Waals surface area contributed by atoms with Crippen LogP contribution < -0.4 is 11.1 Å². The molecule has 1 aromatic heterocycles. The quantitative estimate of drug-likeness (QED) is 0.302. The van der Waals surface area contributed by atoms with Gasteiger partial charge in [-0.1, -0.05) is 41.9 Å². The van der Waals surface area contributed by atoms with Gasteiger partial charge in [0, 0.05) is 28.0 Å². The first kappa shape index (κ1) is 27.7. The smallest absolute Gasteiger partial charge is 0.335 e. The summed E-state index contributed by atoms with van der Waals surface area (Å²) in [5.41, 5.74) is 5.68. The number of aromatic carboxylic acids is 1. The lowest BCUT2D eigenvalue weighted by Crippen LogP contribution is -2.44. The van der Waals surface area contributed by atoms with Gasteiger partial charge in [-0.2, -0.15) is 5.10 Å². The maximum atomic E-state index is 15.4. The predicted molar refractivity (Wildman–Crippen MR) is 146 cm³/mol. The largest absolute Gasteiger partial charge is 0.478 e. The summed E-state index contributed by atoms with van der Waals surface area (Å²) < 4.78 is 31.0. The number of halogens is 3. The van der Waals surface area contributed by atoms with E-state index in [2.05, 4.69) is 10.4 Å². The number of nitrogens with zero attached hydrogens (tertiary/aromatic N) is 3. The van der Waals surface area contributed by atoms with Gasteiger partial charge in [-0.05, 0) is 30.3 Å². The fourth-order valence-electron chi connectivity index (χ4n) is 4.87. The molecule has 0 saturated carbocycles. The van der Waals surface area contributed by atoms with Gasteiger partial charge in [0.25, 0.3) is 5.91 Å². The van der Waals surface area contributed by atoms with Crippen LogP contribution in [0.25, 0.3) is 22.0 Å². The first-order valence-corrected chi connectivity index (χ1v) is 12.7. The number of anilines is 1. The number of benzene rings is 3. The molecule has 3 aromatic carbocycles. The number of alkyl halides is 1. The number of fused-ring (bicyclic) bond motifs is 1. The molecular weight excluding hydrogens is 560 g/mol. The summed E-state index contributed by atoms with van der Waals surface area (Å²) >= 11 is 6.21. The van der Waals surface area contributed by atoms with E-state index >= 15 is 4.39 Å². The number of hydrogen-bond acceptors (Lipinski definition) is 5. The lowest BCUT2D eigenvalue weighted by Gasteiger charge is -2.24. The maximum Gasteiger partial charge on any atom is 0.335 e. The van der Waals surface area contributed by atoms with Crippen LogP contribution in [0.5, 0.6) is 0 Å². The number of hydrogen-bond donors (Lipinski definition) is 3. The van der Waals surface area contributed by atoms with Gasteiger partial charge in [0.2, 0.25) is 11.8 Å². The first-order chi connectivity index (χ1) is 19.5. The van der Waals surface area contributed by atoms with Crippen LogP contribution in [-0.4, -0.2) is 62.2 Å². The Kier molecular flexibility index (Phi) is 7.41. The van der Waals surface area contributed by atoms with E-state index in [9.17, 15) is 28.7 Å². The van der Waals surface area contributed by atoms with Gasteiger partial charge in [-0.3, -0.25) is 19.1 Å². The number of primary amides is 1. The second-order valence-electron chi connectivity index (χ2n) is 9.44. The third-order valence-corrected chi connectivity index (χ3v) is 7.14. The Labute approximate surface area is 236 Å². The molecule has 41 heavy (non-hydrogen) atoms. The molecule has 1 aliphatic heterocycles. The summed E-state index contributed by atoms with van der Waals surface area (Å²) in [7, 11) is 0. The van der Waals surface area contributed by atoms with Crippen LogP contribution in [0.15, 0.2) is 60.7 Å². The SMILES string of the molecule is NC(=O)c1nn(CC(=O)N2C[C@H](F)C[C@H]2C(=O)Nc2cccc(-c3ccccc3Cl)c2F)c2ccc(C(=O)O)cc12. The summed E-state index contributed by atoms with van der Waals surface area (Å²) in [6.07, 6.45) is -1.82. The van der Waals surface area contributed by atoms with Crippen molar-refractivity contribution in [3.05, 3.63) is 82.8 Å². The first-order valence-electron chi connectivity index (χ1n) is 12.4. The Morgan fingerprint density at radius 3 is 2.51 bits per heavy atom. The molecule has 3 amide bonds. The molecule has 2 atom stereocenters. The fraction of sp³-hybridized carbons (Fsp3) is 0.179. The van der Waals surface area contributed by atoms with Crippen molar-refractivity contribution in [2.24, 2.45) is 5.73 Å². The monoisotopic (exact) mass is 581 g/mol. The van der Waals surface area contributed by atoms with E-state index < -0.39 is 48.3 Å². The Morgan fingerprint density at radius 2 is 1.80 bits per heavy atom. The number of amides is 3. The number of nitrogens with one attached hydrogen (secondary N) is 1.